The molecule has 2 aromatic heterocycles. The monoisotopic (exact) mass is 385 g/mol. The highest BCUT2D eigenvalue weighted by molar-refractivity contribution is 7.07. The number of benzene rings is 1. The molecule has 0 saturated carbocycles. The summed E-state index contributed by atoms with van der Waals surface area (Å²) in [4.78, 5) is 27.0. The van der Waals surface area contributed by atoms with Crippen LogP contribution >= 0.6 is 11.3 Å². The van der Waals surface area contributed by atoms with Crippen LogP contribution in [-0.4, -0.2) is 31.1 Å². The minimum Gasteiger partial charge on any atom is -0.493 e. The first-order valence-corrected chi connectivity index (χ1v) is 8.94. The molecule has 1 aliphatic rings. The van der Waals surface area contributed by atoms with E-state index in [1.807, 2.05) is 0 Å². The van der Waals surface area contributed by atoms with Crippen molar-refractivity contribution in [3.8, 4) is 17.2 Å². The highest BCUT2D eigenvalue weighted by atomic mass is 32.1. The summed E-state index contributed by atoms with van der Waals surface area (Å²) >= 11 is 1.18. The van der Waals surface area contributed by atoms with Crippen molar-refractivity contribution < 1.29 is 23.4 Å². The van der Waals surface area contributed by atoms with Crippen molar-refractivity contribution in [2.75, 3.05) is 20.3 Å². The zero-order chi connectivity index (χ0) is 18.8. The van der Waals surface area contributed by atoms with E-state index in [0.717, 1.165) is 5.56 Å². The Labute approximate surface area is 157 Å². The number of carbonyl (C=O) groups excluding carboxylic acids is 1. The Morgan fingerprint density at radius 3 is 2.93 bits per heavy atom. The highest BCUT2D eigenvalue weighted by Gasteiger charge is 2.18. The van der Waals surface area contributed by atoms with Crippen molar-refractivity contribution in [3.05, 3.63) is 61.4 Å². The molecule has 0 atom stereocenters. The fraction of sp³-hybridized carbons (Fsp3) is 0.158. The molecule has 0 amide bonds. The van der Waals surface area contributed by atoms with Gasteiger partial charge in [-0.1, -0.05) is 0 Å². The lowest BCUT2D eigenvalue weighted by molar-refractivity contribution is 0.103. The second-order valence-electron chi connectivity index (χ2n) is 5.66. The highest BCUT2D eigenvalue weighted by Crippen LogP contribution is 2.40. The second kappa shape index (κ2) is 7.16. The number of fused-ring (bicyclic) bond motifs is 1. The van der Waals surface area contributed by atoms with E-state index in [-0.39, 0.29) is 17.1 Å². The summed E-state index contributed by atoms with van der Waals surface area (Å²) in [5.74, 6) is 1.56. The molecule has 1 aliphatic heterocycles. The van der Waals surface area contributed by atoms with Gasteiger partial charge in [0.05, 0.1) is 22.6 Å². The zero-order valence-corrected chi connectivity index (χ0v) is 15.1. The second-order valence-corrected chi connectivity index (χ2v) is 6.75. The predicted molar refractivity (Wildman–Crippen MR) is 99.2 cm³/mol. The van der Waals surface area contributed by atoms with E-state index in [1.165, 1.54) is 23.7 Å². The molecule has 4 rings (SSSR count). The Kier molecular flexibility index (Phi) is 4.55. The molecule has 8 heteroatoms. The van der Waals surface area contributed by atoms with Gasteiger partial charge in [0.2, 0.25) is 11.5 Å². The molecule has 0 aliphatic carbocycles. The van der Waals surface area contributed by atoms with Crippen molar-refractivity contribution in [1.29, 1.82) is 0 Å². The summed E-state index contributed by atoms with van der Waals surface area (Å²) in [6.07, 6.45) is 4.47. The van der Waals surface area contributed by atoms with Gasteiger partial charge in [-0.15, -0.1) is 11.3 Å². The van der Waals surface area contributed by atoms with Crippen LogP contribution in [0.2, 0.25) is 0 Å². The fourth-order valence-electron chi connectivity index (χ4n) is 2.66. The van der Waals surface area contributed by atoms with Crippen LogP contribution in [0, 0.1) is 0 Å². The number of aromatic nitrogens is 1. The molecule has 1 N–H and O–H groups in total. The van der Waals surface area contributed by atoms with Crippen molar-refractivity contribution in [2.45, 2.75) is 0 Å². The van der Waals surface area contributed by atoms with E-state index in [2.05, 4.69) is 4.98 Å². The molecule has 3 heterocycles. The third-order valence-corrected chi connectivity index (χ3v) is 4.82. The molecule has 7 nitrogen and oxygen atoms in total. The van der Waals surface area contributed by atoms with Gasteiger partial charge in [0, 0.05) is 6.08 Å². The van der Waals surface area contributed by atoms with Gasteiger partial charge in [-0.3, -0.25) is 9.59 Å². The third kappa shape index (κ3) is 3.52. The van der Waals surface area contributed by atoms with Crippen LogP contribution in [0.5, 0.6) is 17.2 Å². The molecule has 1 aromatic carbocycles. The number of hydrogen-bond acceptors (Lipinski definition) is 7. The molecule has 3 aromatic rings. The molecular weight excluding hydrogens is 370 g/mol. The van der Waals surface area contributed by atoms with E-state index in [0.29, 0.717) is 39.7 Å². The summed E-state index contributed by atoms with van der Waals surface area (Å²) in [7, 11) is 1.54. The number of ether oxygens (including phenoxy) is 3. The van der Waals surface area contributed by atoms with Crippen LogP contribution < -0.4 is 29.0 Å². The number of ketones is 1. The first-order chi connectivity index (χ1) is 13.1. The van der Waals surface area contributed by atoms with Crippen molar-refractivity contribution in [2.24, 2.45) is 0 Å². The number of hydrogen-bond donors (Lipinski definition) is 1. The maximum Gasteiger partial charge on any atom is 0.266 e. The number of aromatic amines is 1. The van der Waals surface area contributed by atoms with Gasteiger partial charge >= 0.3 is 0 Å². The summed E-state index contributed by atoms with van der Waals surface area (Å²) in [6, 6.07) is 6.75. The summed E-state index contributed by atoms with van der Waals surface area (Å²) in [5, 5.41) is 0. The lowest BCUT2D eigenvalue weighted by Crippen LogP contribution is -2.20. The first kappa shape index (κ1) is 17.2. The van der Waals surface area contributed by atoms with Crippen LogP contribution in [0.3, 0.4) is 0 Å². The summed E-state index contributed by atoms with van der Waals surface area (Å²) < 4.78 is 22.5. The molecule has 0 radical (unpaired) electrons. The van der Waals surface area contributed by atoms with Gasteiger partial charge in [-0.25, -0.2) is 0 Å². The Bertz CT molecular complexity index is 1140. The van der Waals surface area contributed by atoms with Crippen molar-refractivity contribution in [3.63, 3.8) is 0 Å². The van der Waals surface area contributed by atoms with Crippen LogP contribution in [0.1, 0.15) is 16.1 Å². The van der Waals surface area contributed by atoms with Crippen LogP contribution in [0.25, 0.3) is 12.2 Å². The number of rotatable bonds is 4. The lowest BCUT2D eigenvalue weighted by Gasteiger charge is -2.20. The SMILES string of the molecule is COc1cc(C=c2sc(=CC(=O)c3ccco3)[nH]c2=O)cc2c1OCCO2. The maximum atomic E-state index is 12.2. The first-order valence-electron chi connectivity index (χ1n) is 8.12. The smallest absolute Gasteiger partial charge is 0.266 e. The number of thiazole rings is 1. The van der Waals surface area contributed by atoms with Gasteiger partial charge in [-0.05, 0) is 35.9 Å². The Morgan fingerprint density at radius 2 is 2.15 bits per heavy atom. The standard InChI is InChI=1S/C19H15NO6S/c1-23-14-7-11(8-15-18(14)26-6-5-25-15)9-16-19(22)20-17(27-16)10-12(21)13-3-2-4-24-13/h2-4,7-10H,5-6H2,1H3,(H,20,22). The number of furan rings is 1. The van der Waals surface area contributed by atoms with Gasteiger partial charge in [-0.2, -0.15) is 0 Å². The van der Waals surface area contributed by atoms with Gasteiger partial charge in [0.1, 0.15) is 13.2 Å². The molecule has 0 spiro atoms. The zero-order valence-electron chi connectivity index (χ0n) is 14.3. The molecule has 0 fully saturated rings. The largest absolute Gasteiger partial charge is 0.493 e. The van der Waals surface area contributed by atoms with Crippen LogP contribution in [0.15, 0.2) is 39.7 Å². The Hall–Kier alpha value is -3.26. The summed E-state index contributed by atoms with van der Waals surface area (Å²) in [6.45, 7) is 0.910. The molecule has 0 bridgehead atoms. The average molecular weight is 385 g/mol. The average Bonchev–Trinajstić information content (AvgIpc) is 3.31. The Balaban J connectivity index is 1.74. The minimum atomic E-state index is -0.315. The lowest BCUT2D eigenvalue weighted by atomic mass is 10.1. The molecule has 138 valence electrons. The van der Waals surface area contributed by atoms with Crippen molar-refractivity contribution in [1.82, 2.24) is 4.98 Å². The number of H-pyrrole nitrogens is 1. The van der Waals surface area contributed by atoms with E-state index in [9.17, 15) is 9.59 Å². The number of methoxy groups -OCH3 is 1. The van der Waals surface area contributed by atoms with Gasteiger partial charge in [0.25, 0.3) is 5.56 Å². The van der Waals surface area contributed by atoms with E-state index in [4.69, 9.17) is 18.6 Å². The van der Waals surface area contributed by atoms with E-state index >= 15 is 0 Å². The molecule has 0 saturated heterocycles. The normalized spacial score (nSPS) is 14.4. The fourth-order valence-corrected chi connectivity index (χ4v) is 3.55. The molecule has 27 heavy (non-hydrogen) atoms. The van der Waals surface area contributed by atoms with Crippen LogP contribution in [-0.2, 0) is 0 Å². The minimum absolute atomic E-state index is 0.214. The number of Topliss-reactive ketones (excluding diaryl/α,β-unsaturated/α-hetero) is 1. The molecule has 0 unspecified atom stereocenters. The number of nitrogens with one attached hydrogen (secondary N) is 1. The Morgan fingerprint density at radius 1 is 1.30 bits per heavy atom. The molecular formula is C19H15NO6S. The maximum absolute atomic E-state index is 12.2. The van der Waals surface area contributed by atoms with Gasteiger partial charge in [0.15, 0.2) is 17.3 Å². The van der Waals surface area contributed by atoms with E-state index < -0.39 is 0 Å². The number of carbonyl (C=O) groups is 1. The van der Waals surface area contributed by atoms with Crippen LogP contribution in [0.4, 0.5) is 0 Å². The van der Waals surface area contributed by atoms with Gasteiger partial charge < -0.3 is 23.6 Å². The van der Waals surface area contributed by atoms with E-state index in [1.54, 1.807) is 37.5 Å². The van der Waals surface area contributed by atoms with Crippen molar-refractivity contribution >= 4 is 29.3 Å². The topological polar surface area (TPSA) is 90.8 Å². The summed E-state index contributed by atoms with van der Waals surface area (Å²) in [5.41, 5.74) is 0.444. The third-order valence-electron chi connectivity index (χ3n) is 3.85. The predicted octanol–water partition coefficient (Wildman–Crippen LogP) is 1.30. The quantitative estimate of drug-likeness (QED) is 0.681.